The number of alkyl halides is 1. The van der Waals surface area contributed by atoms with E-state index in [1.807, 2.05) is 30.3 Å². The van der Waals surface area contributed by atoms with Crippen LogP contribution in [0.1, 0.15) is 16.0 Å². The van der Waals surface area contributed by atoms with Crippen LogP contribution >= 0.6 is 15.9 Å². The second kappa shape index (κ2) is 6.01. The summed E-state index contributed by atoms with van der Waals surface area (Å²) in [4.78, 5) is -0.0363. The Morgan fingerprint density at radius 2 is 1.89 bits per heavy atom. The van der Waals surface area contributed by atoms with Gasteiger partial charge in [-0.2, -0.15) is 0 Å². The minimum Gasteiger partial charge on any atom is -0.497 e. The van der Waals surface area contributed by atoms with Crippen LogP contribution in [0.3, 0.4) is 0 Å². The highest BCUT2D eigenvalue weighted by molar-refractivity contribution is 9.09. The molecule has 0 saturated heterocycles. The molecular weight excluding hydrogens is 295 g/mol. The van der Waals surface area contributed by atoms with Crippen molar-refractivity contribution in [1.82, 2.24) is 0 Å². The Morgan fingerprint density at radius 3 is 2.50 bits per heavy atom. The van der Waals surface area contributed by atoms with Crippen molar-refractivity contribution in [2.75, 3.05) is 7.11 Å². The number of halogens is 2. The van der Waals surface area contributed by atoms with Crippen molar-refractivity contribution in [3.63, 3.8) is 0 Å². The first kappa shape index (κ1) is 13.1. The third-order valence-corrected chi connectivity index (χ3v) is 3.62. The lowest BCUT2D eigenvalue weighted by Crippen LogP contribution is -1.99. The molecule has 0 saturated carbocycles. The number of hydrogen-bond acceptors (Lipinski definition) is 1. The average Bonchev–Trinajstić information content (AvgIpc) is 2.39. The molecule has 1 unspecified atom stereocenters. The number of ether oxygens (including phenoxy) is 1. The summed E-state index contributed by atoms with van der Waals surface area (Å²) in [7, 11) is 1.53. The minimum atomic E-state index is -0.243. The molecule has 0 amide bonds. The Morgan fingerprint density at radius 1 is 1.17 bits per heavy atom. The van der Waals surface area contributed by atoms with Crippen LogP contribution < -0.4 is 4.74 Å². The van der Waals surface area contributed by atoms with E-state index in [9.17, 15) is 4.39 Å². The molecule has 18 heavy (non-hydrogen) atoms. The summed E-state index contributed by atoms with van der Waals surface area (Å²) in [5, 5.41) is 0. The minimum absolute atomic E-state index is 0.0363. The summed E-state index contributed by atoms with van der Waals surface area (Å²) in [5.74, 6) is 0.294. The van der Waals surface area contributed by atoms with Crippen LogP contribution in [0.5, 0.6) is 5.75 Å². The van der Waals surface area contributed by atoms with Gasteiger partial charge >= 0.3 is 0 Å². The van der Waals surface area contributed by atoms with Crippen molar-refractivity contribution < 1.29 is 9.13 Å². The van der Waals surface area contributed by atoms with Gasteiger partial charge in [0.15, 0.2) is 0 Å². The zero-order valence-electron chi connectivity index (χ0n) is 10.1. The smallest absolute Gasteiger partial charge is 0.131 e. The van der Waals surface area contributed by atoms with Gasteiger partial charge in [-0.25, -0.2) is 4.39 Å². The maximum absolute atomic E-state index is 13.9. The molecule has 0 aliphatic heterocycles. The van der Waals surface area contributed by atoms with Gasteiger partial charge in [0.1, 0.15) is 11.6 Å². The standard InChI is InChI=1S/C15H14BrFO/c1-18-12-7-8-13(15(17)10-12)14(16)9-11-5-3-2-4-6-11/h2-8,10,14H,9H2,1H3. The maximum atomic E-state index is 13.9. The Kier molecular flexibility index (Phi) is 4.37. The molecule has 94 valence electrons. The Hall–Kier alpha value is -1.35. The Labute approximate surface area is 115 Å². The largest absolute Gasteiger partial charge is 0.497 e. The monoisotopic (exact) mass is 308 g/mol. The first-order chi connectivity index (χ1) is 8.70. The summed E-state index contributed by atoms with van der Waals surface area (Å²) in [5.41, 5.74) is 1.83. The van der Waals surface area contributed by atoms with Gasteiger partial charge in [0.05, 0.1) is 7.11 Å². The molecule has 0 heterocycles. The van der Waals surface area contributed by atoms with Crippen LogP contribution in [0.4, 0.5) is 4.39 Å². The predicted molar refractivity (Wildman–Crippen MR) is 74.8 cm³/mol. The quantitative estimate of drug-likeness (QED) is 0.755. The van der Waals surface area contributed by atoms with Crippen LogP contribution in [0.15, 0.2) is 48.5 Å². The van der Waals surface area contributed by atoms with Gasteiger partial charge in [0.2, 0.25) is 0 Å². The van der Waals surface area contributed by atoms with E-state index in [0.29, 0.717) is 11.3 Å². The molecule has 0 aliphatic carbocycles. The van der Waals surface area contributed by atoms with Gasteiger partial charge in [0, 0.05) is 16.5 Å². The lowest BCUT2D eigenvalue weighted by Gasteiger charge is -2.12. The van der Waals surface area contributed by atoms with Crippen molar-refractivity contribution in [1.29, 1.82) is 0 Å². The number of hydrogen-bond donors (Lipinski definition) is 0. The second-order valence-corrected chi connectivity index (χ2v) is 5.15. The molecular formula is C15H14BrFO. The predicted octanol–water partition coefficient (Wildman–Crippen LogP) is 4.51. The molecule has 0 radical (unpaired) electrons. The van der Waals surface area contributed by atoms with E-state index in [0.717, 1.165) is 6.42 Å². The zero-order chi connectivity index (χ0) is 13.0. The number of benzene rings is 2. The van der Waals surface area contributed by atoms with Gasteiger partial charge in [0.25, 0.3) is 0 Å². The fourth-order valence-corrected chi connectivity index (χ4v) is 2.56. The van der Waals surface area contributed by atoms with Crippen LogP contribution in [-0.4, -0.2) is 7.11 Å². The van der Waals surface area contributed by atoms with E-state index in [1.54, 1.807) is 12.1 Å². The topological polar surface area (TPSA) is 9.23 Å². The van der Waals surface area contributed by atoms with Gasteiger partial charge < -0.3 is 4.74 Å². The summed E-state index contributed by atoms with van der Waals surface area (Å²) in [6, 6.07) is 15.0. The van der Waals surface area contributed by atoms with Crippen molar-refractivity contribution in [3.8, 4) is 5.75 Å². The molecule has 1 atom stereocenters. The summed E-state index contributed by atoms with van der Waals surface area (Å²) < 4.78 is 18.9. The Bertz CT molecular complexity index is 513. The second-order valence-electron chi connectivity index (χ2n) is 4.04. The van der Waals surface area contributed by atoms with E-state index < -0.39 is 0 Å². The lowest BCUT2D eigenvalue weighted by atomic mass is 10.0. The van der Waals surface area contributed by atoms with Crippen molar-refractivity contribution in [2.24, 2.45) is 0 Å². The average molecular weight is 309 g/mol. The van der Waals surface area contributed by atoms with Crippen molar-refractivity contribution in [2.45, 2.75) is 11.2 Å². The zero-order valence-corrected chi connectivity index (χ0v) is 11.7. The van der Waals surface area contributed by atoms with Gasteiger partial charge in [-0.15, -0.1) is 0 Å². The highest BCUT2D eigenvalue weighted by Gasteiger charge is 2.13. The van der Waals surface area contributed by atoms with Crippen LogP contribution in [0.2, 0.25) is 0 Å². The fourth-order valence-electron chi connectivity index (χ4n) is 1.82. The van der Waals surface area contributed by atoms with Gasteiger partial charge in [-0.1, -0.05) is 52.3 Å². The highest BCUT2D eigenvalue weighted by Crippen LogP contribution is 2.30. The maximum Gasteiger partial charge on any atom is 0.131 e. The molecule has 0 spiro atoms. The number of rotatable bonds is 4. The number of methoxy groups -OCH3 is 1. The van der Waals surface area contributed by atoms with Crippen LogP contribution in [0.25, 0.3) is 0 Å². The summed E-state index contributed by atoms with van der Waals surface area (Å²) in [6.07, 6.45) is 0.754. The lowest BCUT2D eigenvalue weighted by molar-refractivity contribution is 0.410. The molecule has 3 heteroatoms. The first-order valence-corrected chi connectivity index (χ1v) is 6.63. The van der Waals surface area contributed by atoms with E-state index >= 15 is 0 Å². The highest BCUT2D eigenvalue weighted by atomic mass is 79.9. The summed E-state index contributed by atoms with van der Waals surface area (Å²) in [6.45, 7) is 0. The third-order valence-electron chi connectivity index (χ3n) is 2.80. The van der Waals surface area contributed by atoms with E-state index in [2.05, 4.69) is 15.9 Å². The Balaban J connectivity index is 2.16. The van der Waals surface area contributed by atoms with Crippen molar-refractivity contribution >= 4 is 15.9 Å². The first-order valence-electron chi connectivity index (χ1n) is 5.72. The molecule has 0 fully saturated rings. The molecule has 2 aromatic carbocycles. The van der Waals surface area contributed by atoms with Crippen molar-refractivity contribution in [3.05, 3.63) is 65.5 Å². The molecule has 0 aliphatic rings. The SMILES string of the molecule is COc1ccc(C(Br)Cc2ccccc2)c(F)c1. The van der Waals surface area contributed by atoms with Gasteiger partial charge in [-0.3, -0.25) is 0 Å². The molecule has 1 nitrogen and oxygen atoms in total. The fraction of sp³-hybridized carbons (Fsp3) is 0.200. The van der Waals surface area contributed by atoms with E-state index in [-0.39, 0.29) is 10.6 Å². The van der Waals surface area contributed by atoms with E-state index in [1.165, 1.54) is 18.7 Å². The van der Waals surface area contributed by atoms with E-state index in [4.69, 9.17) is 4.74 Å². The molecule has 0 N–H and O–H groups in total. The normalized spacial score (nSPS) is 12.2. The molecule has 0 bridgehead atoms. The molecule has 2 aromatic rings. The molecule has 0 aromatic heterocycles. The van der Waals surface area contributed by atoms with Gasteiger partial charge in [-0.05, 0) is 18.1 Å². The van der Waals surface area contributed by atoms with Crippen LogP contribution in [0, 0.1) is 5.82 Å². The van der Waals surface area contributed by atoms with Crippen LogP contribution in [-0.2, 0) is 6.42 Å². The molecule has 2 rings (SSSR count). The third kappa shape index (κ3) is 3.10. The summed E-state index contributed by atoms with van der Waals surface area (Å²) >= 11 is 3.54.